The molecule has 0 unspecified atom stereocenters. The van der Waals surface area contributed by atoms with Crippen LogP contribution in [0.2, 0.25) is 0 Å². The Bertz CT molecular complexity index is 523. The Morgan fingerprint density at radius 2 is 1.90 bits per heavy atom. The summed E-state index contributed by atoms with van der Waals surface area (Å²) >= 11 is 0. The van der Waals surface area contributed by atoms with Crippen molar-refractivity contribution >= 4 is 11.7 Å². The predicted molar refractivity (Wildman–Crippen MR) is 66.0 cm³/mol. The molecular formula is C12H13F2NO6. The van der Waals surface area contributed by atoms with Crippen molar-refractivity contribution in [2.24, 2.45) is 0 Å². The highest BCUT2D eigenvalue weighted by molar-refractivity contribution is 5.90. The first kappa shape index (κ1) is 16.9. The van der Waals surface area contributed by atoms with Gasteiger partial charge in [-0.25, -0.2) is 9.18 Å². The van der Waals surface area contributed by atoms with E-state index in [2.05, 4.69) is 4.74 Å². The molecule has 1 aromatic rings. The molecule has 0 heterocycles. The number of nitro benzene ring substituents is 1. The highest BCUT2D eigenvalue weighted by atomic mass is 19.1. The van der Waals surface area contributed by atoms with Gasteiger partial charge in [0.05, 0.1) is 24.7 Å². The van der Waals surface area contributed by atoms with Gasteiger partial charge in [0, 0.05) is 13.2 Å². The standard InChI is InChI=1S/C12H13F2NO6/c1-19-4-5-20-6-7-21-12(16)10-8(13)2-3-9(11(10)14)15(17)18/h2-3H,4-7H2,1H3. The van der Waals surface area contributed by atoms with Crippen LogP contribution in [0.25, 0.3) is 0 Å². The molecule has 0 aliphatic carbocycles. The number of rotatable bonds is 8. The number of esters is 1. The average Bonchev–Trinajstić information content (AvgIpc) is 2.42. The summed E-state index contributed by atoms with van der Waals surface area (Å²) in [5.74, 6) is -4.13. The summed E-state index contributed by atoms with van der Waals surface area (Å²) in [6.45, 7) is 0.382. The van der Waals surface area contributed by atoms with Crippen molar-refractivity contribution in [1.29, 1.82) is 0 Å². The summed E-state index contributed by atoms with van der Waals surface area (Å²) < 4.78 is 41.4. The largest absolute Gasteiger partial charge is 0.459 e. The minimum atomic E-state index is -1.56. The van der Waals surface area contributed by atoms with Gasteiger partial charge >= 0.3 is 11.7 Å². The van der Waals surface area contributed by atoms with Crippen molar-refractivity contribution < 1.29 is 32.7 Å². The molecule has 0 saturated carbocycles. The molecule has 9 heteroatoms. The molecule has 7 nitrogen and oxygen atoms in total. The Morgan fingerprint density at radius 3 is 2.52 bits per heavy atom. The van der Waals surface area contributed by atoms with Crippen LogP contribution < -0.4 is 0 Å². The monoisotopic (exact) mass is 305 g/mol. The molecule has 0 amide bonds. The molecule has 0 bridgehead atoms. The van der Waals surface area contributed by atoms with E-state index in [0.717, 1.165) is 0 Å². The number of hydrogen-bond acceptors (Lipinski definition) is 6. The highest BCUT2D eigenvalue weighted by Crippen LogP contribution is 2.23. The lowest BCUT2D eigenvalue weighted by molar-refractivity contribution is -0.387. The van der Waals surface area contributed by atoms with Crippen molar-refractivity contribution in [1.82, 2.24) is 0 Å². The third kappa shape index (κ3) is 4.72. The number of nitrogens with zero attached hydrogens (tertiary/aromatic N) is 1. The second kappa shape index (κ2) is 8.22. The van der Waals surface area contributed by atoms with E-state index in [1.54, 1.807) is 0 Å². The molecular weight excluding hydrogens is 292 g/mol. The number of benzene rings is 1. The van der Waals surface area contributed by atoms with Gasteiger partial charge in [0.15, 0.2) is 0 Å². The molecule has 1 aromatic carbocycles. The molecule has 116 valence electrons. The first-order valence-electron chi connectivity index (χ1n) is 5.85. The van der Waals surface area contributed by atoms with Crippen LogP contribution in [-0.2, 0) is 14.2 Å². The third-order valence-corrected chi connectivity index (χ3v) is 2.36. The quantitative estimate of drug-likeness (QED) is 0.314. The van der Waals surface area contributed by atoms with E-state index in [4.69, 9.17) is 9.47 Å². The molecule has 0 aliphatic rings. The molecule has 0 radical (unpaired) electrons. The Labute approximate surface area is 118 Å². The van der Waals surface area contributed by atoms with Gasteiger partial charge in [-0.3, -0.25) is 10.1 Å². The number of ether oxygens (including phenoxy) is 3. The zero-order valence-corrected chi connectivity index (χ0v) is 11.1. The number of halogens is 2. The molecule has 0 aliphatic heterocycles. The summed E-state index contributed by atoms with van der Waals surface area (Å²) in [6, 6.07) is 1.27. The van der Waals surface area contributed by atoms with Gasteiger partial charge < -0.3 is 14.2 Å². The van der Waals surface area contributed by atoms with Crippen molar-refractivity contribution in [2.75, 3.05) is 33.5 Å². The second-order valence-electron chi connectivity index (χ2n) is 3.75. The third-order valence-electron chi connectivity index (χ3n) is 2.36. The summed E-state index contributed by atoms with van der Waals surface area (Å²) in [6.07, 6.45) is 0. The van der Waals surface area contributed by atoms with Crippen molar-refractivity contribution in [3.05, 3.63) is 39.4 Å². The highest BCUT2D eigenvalue weighted by Gasteiger charge is 2.27. The van der Waals surface area contributed by atoms with Crippen LogP contribution in [0.5, 0.6) is 0 Å². The topological polar surface area (TPSA) is 87.9 Å². The maximum absolute atomic E-state index is 13.7. The van der Waals surface area contributed by atoms with E-state index >= 15 is 0 Å². The fourth-order valence-corrected chi connectivity index (χ4v) is 1.38. The van der Waals surface area contributed by atoms with Crippen LogP contribution in [0.4, 0.5) is 14.5 Å². The Morgan fingerprint density at radius 1 is 1.24 bits per heavy atom. The maximum atomic E-state index is 13.7. The van der Waals surface area contributed by atoms with Crippen molar-refractivity contribution in [3.63, 3.8) is 0 Å². The smallest absolute Gasteiger partial charge is 0.344 e. The predicted octanol–water partition coefficient (Wildman–Crippen LogP) is 1.69. The Hall–Kier alpha value is -2.13. The van der Waals surface area contributed by atoms with Gasteiger partial charge in [0.2, 0.25) is 5.82 Å². The van der Waals surface area contributed by atoms with Gasteiger partial charge in [0.1, 0.15) is 18.0 Å². The van der Waals surface area contributed by atoms with Gasteiger partial charge in [-0.1, -0.05) is 0 Å². The van der Waals surface area contributed by atoms with E-state index in [-0.39, 0.29) is 19.8 Å². The van der Waals surface area contributed by atoms with Crippen molar-refractivity contribution in [2.45, 2.75) is 0 Å². The van der Waals surface area contributed by atoms with Gasteiger partial charge in [0.25, 0.3) is 0 Å². The minimum Gasteiger partial charge on any atom is -0.459 e. The molecule has 0 atom stereocenters. The molecule has 0 fully saturated rings. The lowest BCUT2D eigenvalue weighted by Crippen LogP contribution is -2.15. The van der Waals surface area contributed by atoms with Gasteiger partial charge in [-0.2, -0.15) is 4.39 Å². The summed E-state index contributed by atoms with van der Waals surface area (Å²) in [5.41, 5.74) is -2.10. The number of carbonyl (C=O) groups is 1. The van der Waals surface area contributed by atoms with E-state index in [1.165, 1.54) is 7.11 Å². The fourth-order valence-electron chi connectivity index (χ4n) is 1.38. The minimum absolute atomic E-state index is 0.00721. The number of carbonyl (C=O) groups excluding carboxylic acids is 1. The Kier molecular flexibility index (Phi) is 6.63. The van der Waals surface area contributed by atoms with Crippen LogP contribution in [0.1, 0.15) is 10.4 Å². The lowest BCUT2D eigenvalue weighted by Gasteiger charge is -2.07. The van der Waals surface area contributed by atoms with E-state index in [0.29, 0.717) is 18.7 Å². The van der Waals surface area contributed by atoms with Crippen LogP contribution >= 0.6 is 0 Å². The first-order chi connectivity index (χ1) is 9.99. The maximum Gasteiger partial charge on any atom is 0.344 e. The zero-order chi connectivity index (χ0) is 15.8. The number of nitro groups is 1. The molecule has 0 spiro atoms. The molecule has 0 N–H and O–H groups in total. The second-order valence-corrected chi connectivity index (χ2v) is 3.75. The SMILES string of the molecule is COCCOCCOC(=O)c1c(F)ccc([N+](=O)[O-])c1F. The number of methoxy groups -OCH3 is 1. The normalized spacial score (nSPS) is 10.4. The summed E-state index contributed by atoms with van der Waals surface area (Å²) in [7, 11) is 1.48. The average molecular weight is 305 g/mol. The van der Waals surface area contributed by atoms with Crippen LogP contribution in [0, 0.1) is 21.7 Å². The van der Waals surface area contributed by atoms with Crippen LogP contribution in [-0.4, -0.2) is 44.4 Å². The molecule has 21 heavy (non-hydrogen) atoms. The van der Waals surface area contributed by atoms with E-state index < -0.39 is 33.8 Å². The molecule has 1 rings (SSSR count). The summed E-state index contributed by atoms with van der Waals surface area (Å²) in [5, 5.41) is 10.5. The Balaban J connectivity index is 2.66. The fraction of sp³-hybridized carbons (Fsp3) is 0.417. The molecule has 0 saturated heterocycles. The van der Waals surface area contributed by atoms with Gasteiger partial charge in [-0.05, 0) is 6.07 Å². The van der Waals surface area contributed by atoms with E-state index in [1.807, 2.05) is 0 Å². The van der Waals surface area contributed by atoms with Crippen LogP contribution in [0.15, 0.2) is 12.1 Å². The van der Waals surface area contributed by atoms with Crippen LogP contribution in [0.3, 0.4) is 0 Å². The molecule has 0 aromatic heterocycles. The first-order valence-corrected chi connectivity index (χ1v) is 5.85. The van der Waals surface area contributed by atoms with Crippen molar-refractivity contribution in [3.8, 4) is 0 Å². The van der Waals surface area contributed by atoms with E-state index in [9.17, 15) is 23.7 Å². The summed E-state index contributed by atoms with van der Waals surface area (Å²) in [4.78, 5) is 21.0. The number of hydrogen-bond donors (Lipinski definition) is 0. The lowest BCUT2D eigenvalue weighted by atomic mass is 10.1. The zero-order valence-electron chi connectivity index (χ0n) is 11.1. The van der Waals surface area contributed by atoms with Gasteiger partial charge in [-0.15, -0.1) is 0 Å².